The van der Waals surface area contributed by atoms with Crippen molar-refractivity contribution in [2.45, 2.75) is 31.6 Å². The van der Waals surface area contributed by atoms with Crippen molar-refractivity contribution >= 4 is 17.7 Å². The van der Waals surface area contributed by atoms with Gasteiger partial charge in [-0.25, -0.2) is 0 Å². The second kappa shape index (κ2) is 6.61. The zero-order valence-corrected chi connectivity index (χ0v) is 11.2. The predicted octanol–water partition coefficient (Wildman–Crippen LogP) is 0.926. The summed E-state index contributed by atoms with van der Waals surface area (Å²) in [7, 11) is 3.93. The van der Waals surface area contributed by atoms with E-state index in [9.17, 15) is 4.79 Å². The Morgan fingerprint density at radius 3 is 2.71 bits per heavy atom. The Hall–Kier alpha value is -1.08. The molecule has 1 N–H and O–H groups in total. The summed E-state index contributed by atoms with van der Waals surface area (Å²) in [5.41, 5.74) is 0. The lowest BCUT2D eigenvalue weighted by molar-refractivity contribution is -0.133. The van der Waals surface area contributed by atoms with Gasteiger partial charge in [-0.05, 0) is 20.5 Å². The highest BCUT2D eigenvalue weighted by Gasteiger charge is 2.13. The summed E-state index contributed by atoms with van der Waals surface area (Å²) in [5.74, 6) is 0.0593. The quantitative estimate of drug-likeness (QED) is 0.733. The molecular formula is C10H18N4O2S. The van der Waals surface area contributed by atoms with Crippen LogP contribution in [0.3, 0.4) is 0 Å². The molecule has 1 rings (SSSR count). The fraction of sp³-hybridized carbons (Fsp3) is 0.700. The van der Waals surface area contributed by atoms with E-state index in [1.54, 1.807) is 0 Å². The number of carbonyl (C=O) groups is 1. The zero-order valence-electron chi connectivity index (χ0n) is 10.4. The molecule has 0 radical (unpaired) electrons. The minimum absolute atomic E-state index is 0.0177. The fourth-order valence-electron chi connectivity index (χ4n) is 1.40. The summed E-state index contributed by atoms with van der Waals surface area (Å²) in [6, 6.07) is 0. The number of rotatable bonds is 7. The van der Waals surface area contributed by atoms with E-state index in [-0.39, 0.29) is 5.75 Å². The van der Waals surface area contributed by atoms with Gasteiger partial charge in [0, 0.05) is 6.54 Å². The van der Waals surface area contributed by atoms with Gasteiger partial charge in [-0.1, -0.05) is 18.7 Å². The van der Waals surface area contributed by atoms with Gasteiger partial charge in [0.25, 0.3) is 0 Å². The predicted molar refractivity (Wildman–Crippen MR) is 66.1 cm³/mol. The fourth-order valence-corrected chi connectivity index (χ4v) is 2.10. The maximum absolute atomic E-state index is 10.5. The minimum atomic E-state index is -0.838. The highest BCUT2D eigenvalue weighted by atomic mass is 32.2. The van der Waals surface area contributed by atoms with Crippen molar-refractivity contribution in [2.75, 3.05) is 19.8 Å². The normalized spacial score (nSPS) is 11.1. The molecule has 1 heterocycles. The molecule has 0 saturated heterocycles. The Kier molecular flexibility index (Phi) is 5.43. The number of nitrogens with zero attached hydrogens (tertiary/aromatic N) is 4. The van der Waals surface area contributed by atoms with E-state index in [0.717, 1.165) is 18.8 Å². The third-order valence-electron chi connectivity index (χ3n) is 2.02. The standard InChI is InChI=1S/C10H18N4O2S/c1-4-5-14-8(6-13(2)3)11-12-10(14)17-7-9(15)16/h4-7H2,1-3H3,(H,15,16). The van der Waals surface area contributed by atoms with Crippen molar-refractivity contribution in [3.05, 3.63) is 5.82 Å². The zero-order chi connectivity index (χ0) is 12.8. The van der Waals surface area contributed by atoms with Gasteiger partial charge >= 0.3 is 5.97 Å². The molecule has 0 unspecified atom stereocenters. The molecule has 0 atom stereocenters. The van der Waals surface area contributed by atoms with Gasteiger partial charge in [-0.15, -0.1) is 10.2 Å². The number of aliphatic carboxylic acids is 1. The van der Waals surface area contributed by atoms with Gasteiger partial charge in [0.15, 0.2) is 5.16 Å². The Morgan fingerprint density at radius 1 is 1.47 bits per heavy atom. The number of carboxylic acid groups (broad SMARTS) is 1. The molecule has 0 amide bonds. The molecular weight excluding hydrogens is 240 g/mol. The molecule has 96 valence electrons. The molecule has 6 nitrogen and oxygen atoms in total. The Labute approximate surface area is 105 Å². The van der Waals surface area contributed by atoms with Crippen molar-refractivity contribution in [3.8, 4) is 0 Å². The highest BCUT2D eigenvalue weighted by Crippen LogP contribution is 2.17. The summed E-state index contributed by atoms with van der Waals surface area (Å²) in [4.78, 5) is 12.6. The maximum atomic E-state index is 10.5. The second-order valence-electron chi connectivity index (χ2n) is 3.97. The molecule has 0 aliphatic rings. The summed E-state index contributed by atoms with van der Waals surface area (Å²) in [6.45, 7) is 3.60. The van der Waals surface area contributed by atoms with Gasteiger partial charge in [-0.2, -0.15) is 0 Å². The molecule has 0 aromatic carbocycles. The van der Waals surface area contributed by atoms with Gasteiger partial charge in [0.05, 0.1) is 12.3 Å². The van der Waals surface area contributed by atoms with Gasteiger partial charge < -0.3 is 14.6 Å². The minimum Gasteiger partial charge on any atom is -0.481 e. The lowest BCUT2D eigenvalue weighted by atomic mass is 10.4. The monoisotopic (exact) mass is 258 g/mol. The van der Waals surface area contributed by atoms with Crippen LogP contribution in [0.25, 0.3) is 0 Å². The molecule has 0 spiro atoms. The van der Waals surface area contributed by atoms with Gasteiger partial charge in [0.1, 0.15) is 5.82 Å². The first-order chi connectivity index (χ1) is 8.04. The largest absolute Gasteiger partial charge is 0.481 e. The third-order valence-corrected chi connectivity index (χ3v) is 2.97. The van der Waals surface area contributed by atoms with Crippen molar-refractivity contribution in [1.82, 2.24) is 19.7 Å². The van der Waals surface area contributed by atoms with Crippen LogP contribution in [0.1, 0.15) is 19.2 Å². The number of carboxylic acids is 1. The van der Waals surface area contributed by atoms with Crippen molar-refractivity contribution in [1.29, 1.82) is 0 Å². The van der Waals surface area contributed by atoms with Crippen molar-refractivity contribution in [2.24, 2.45) is 0 Å². The molecule has 0 aliphatic heterocycles. The SMILES string of the molecule is CCCn1c(CN(C)C)nnc1SCC(=O)O. The van der Waals surface area contributed by atoms with E-state index in [4.69, 9.17) is 5.11 Å². The smallest absolute Gasteiger partial charge is 0.313 e. The van der Waals surface area contributed by atoms with Gasteiger partial charge in [-0.3, -0.25) is 4.79 Å². The van der Waals surface area contributed by atoms with Crippen molar-refractivity contribution < 1.29 is 9.90 Å². The van der Waals surface area contributed by atoms with E-state index < -0.39 is 5.97 Å². The second-order valence-corrected chi connectivity index (χ2v) is 4.91. The van der Waals surface area contributed by atoms with Crippen LogP contribution >= 0.6 is 11.8 Å². The molecule has 0 fully saturated rings. The van der Waals surface area contributed by atoms with E-state index >= 15 is 0 Å². The first-order valence-corrected chi connectivity index (χ1v) is 6.44. The first-order valence-electron chi connectivity index (χ1n) is 5.46. The Balaban J connectivity index is 2.81. The van der Waals surface area contributed by atoms with Gasteiger partial charge in [0.2, 0.25) is 0 Å². The molecule has 0 saturated carbocycles. The van der Waals surface area contributed by atoms with Crippen LogP contribution < -0.4 is 0 Å². The molecule has 0 bridgehead atoms. The highest BCUT2D eigenvalue weighted by molar-refractivity contribution is 7.99. The molecule has 7 heteroatoms. The maximum Gasteiger partial charge on any atom is 0.313 e. The third kappa shape index (κ3) is 4.35. The molecule has 0 aliphatic carbocycles. The van der Waals surface area contributed by atoms with E-state index in [0.29, 0.717) is 11.7 Å². The van der Waals surface area contributed by atoms with Crippen LogP contribution in [0.15, 0.2) is 5.16 Å². The van der Waals surface area contributed by atoms with Crippen LogP contribution in [0.4, 0.5) is 0 Å². The molecule has 1 aromatic heterocycles. The summed E-state index contributed by atoms with van der Waals surface area (Å²) < 4.78 is 1.99. The number of aromatic nitrogens is 3. The molecule has 1 aromatic rings. The van der Waals surface area contributed by atoms with E-state index in [2.05, 4.69) is 17.1 Å². The topological polar surface area (TPSA) is 71.2 Å². The lowest BCUT2D eigenvalue weighted by Gasteiger charge is -2.11. The Morgan fingerprint density at radius 2 is 2.18 bits per heavy atom. The number of hydrogen-bond acceptors (Lipinski definition) is 5. The van der Waals surface area contributed by atoms with Crippen LogP contribution in [-0.2, 0) is 17.9 Å². The van der Waals surface area contributed by atoms with E-state index in [1.807, 2.05) is 23.6 Å². The van der Waals surface area contributed by atoms with E-state index in [1.165, 1.54) is 11.8 Å². The van der Waals surface area contributed by atoms with Crippen molar-refractivity contribution in [3.63, 3.8) is 0 Å². The summed E-state index contributed by atoms with van der Waals surface area (Å²) >= 11 is 1.21. The number of thioether (sulfide) groups is 1. The lowest BCUT2D eigenvalue weighted by Crippen LogP contribution is -2.16. The van der Waals surface area contributed by atoms with Crippen LogP contribution in [-0.4, -0.2) is 50.6 Å². The molecule has 17 heavy (non-hydrogen) atoms. The first kappa shape index (κ1) is 14.0. The van der Waals surface area contributed by atoms with Crippen LogP contribution in [0, 0.1) is 0 Å². The van der Waals surface area contributed by atoms with Crippen LogP contribution in [0.2, 0.25) is 0 Å². The average molecular weight is 258 g/mol. The Bertz CT molecular complexity index is 378. The van der Waals surface area contributed by atoms with Crippen LogP contribution in [0.5, 0.6) is 0 Å². The summed E-state index contributed by atoms with van der Waals surface area (Å²) in [6.07, 6.45) is 0.971. The summed E-state index contributed by atoms with van der Waals surface area (Å²) in [5, 5.41) is 17.5. The average Bonchev–Trinajstić information content (AvgIpc) is 2.58. The number of hydrogen-bond donors (Lipinski definition) is 1.